The van der Waals surface area contributed by atoms with Crippen LogP contribution in [0, 0.1) is 0 Å². The van der Waals surface area contributed by atoms with Crippen LogP contribution in [0.1, 0.15) is 90.9 Å². The summed E-state index contributed by atoms with van der Waals surface area (Å²) in [6.45, 7) is 6.85. The minimum Gasteiger partial charge on any atom is -0.167 e. The minimum atomic E-state index is -1.30. The third kappa shape index (κ3) is 14.7. The quantitative estimate of drug-likeness (QED) is 0.177. The van der Waals surface area contributed by atoms with Crippen molar-refractivity contribution in [2.24, 2.45) is 0 Å². The van der Waals surface area contributed by atoms with Crippen molar-refractivity contribution in [3.8, 4) is 0 Å². The van der Waals surface area contributed by atoms with E-state index < -0.39 is 7.38 Å². The van der Waals surface area contributed by atoms with Crippen LogP contribution in [0.2, 0.25) is 18.6 Å². The maximum Gasteiger partial charge on any atom is 0.153 e. The first-order valence-electron chi connectivity index (χ1n) is 8.81. The Balaban J connectivity index is 3.07. The fourth-order valence-corrected chi connectivity index (χ4v) is 4.25. The summed E-state index contributed by atoms with van der Waals surface area (Å²) >= 11 is 6.49. The number of halogens is 1. The molecule has 0 heterocycles. The molecule has 0 rings (SSSR count). The van der Waals surface area contributed by atoms with E-state index in [4.69, 9.17) is 11.1 Å². The second-order valence-electron chi connectivity index (χ2n) is 6.41. The van der Waals surface area contributed by atoms with Gasteiger partial charge in [0.1, 0.15) is 0 Å². The molecule has 0 aromatic rings. The van der Waals surface area contributed by atoms with E-state index in [-0.39, 0.29) is 0 Å². The average molecular weight is 305 g/mol. The molecule has 2 heteroatoms. The third-order valence-electron chi connectivity index (χ3n) is 4.29. The van der Waals surface area contributed by atoms with Crippen molar-refractivity contribution in [1.82, 2.24) is 0 Å². The number of hydrogen-bond acceptors (Lipinski definition) is 0. The molecule has 1 atom stereocenters. The summed E-state index contributed by atoms with van der Waals surface area (Å²) < 4.78 is 0. The first kappa shape index (κ1) is 19.5. The molecule has 0 fully saturated rings. The first-order chi connectivity index (χ1) is 9.12. The van der Waals surface area contributed by atoms with Crippen molar-refractivity contribution in [3.63, 3.8) is 0 Å². The van der Waals surface area contributed by atoms with Gasteiger partial charge in [-0.15, -0.1) is 0 Å². The second kappa shape index (κ2) is 13.5. The lowest BCUT2D eigenvalue weighted by Gasteiger charge is -2.16. The molecule has 0 aromatic carbocycles. The van der Waals surface area contributed by atoms with Gasteiger partial charge in [0.15, 0.2) is 7.38 Å². The summed E-state index contributed by atoms with van der Waals surface area (Å²) in [5.74, 6) is 0. The maximum atomic E-state index is 6.49. The Labute approximate surface area is 128 Å². The molecule has 0 saturated carbocycles. The summed E-state index contributed by atoms with van der Waals surface area (Å²) in [5, 5.41) is 0. The smallest absolute Gasteiger partial charge is 0.153 e. The van der Waals surface area contributed by atoms with Crippen molar-refractivity contribution < 1.29 is 0 Å². The number of unbranched alkanes of at least 4 members (excludes halogenated alkanes) is 11. The van der Waals surface area contributed by atoms with Crippen LogP contribution in [0.5, 0.6) is 0 Å². The van der Waals surface area contributed by atoms with E-state index in [9.17, 15) is 0 Å². The van der Waals surface area contributed by atoms with Crippen molar-refractivity contribution in [1.29, 1.82) is 0 Å². The van der Waals surface area contributed by atoms with E-state index in [0.717, 1.165) is 0 Å². The van der Waals surface area contributed by atoms with Gasteiger partial charge in [-0.2, -0.15) is 11.1 Å². The van der Waals surface area contributed by atoms with Gasteiger partial charge in [0.05, 0.1) is 0 Å². The summed E-state index contributed by atoms with van der Waals surface area (Å²) in [6, 6.07) is 2.55. The molecule has 0 aliphatic rings. The molecule has 19 heavy (non-hydrogen) atoms. The number of hydrogen-bond donors (Lipinski definition) is 0. The van der Waals surface area contributed by atoms with Crippen LogP contribution in [0.3, 0.4) is 0 Å². The van der Waals surface area contributed by atoms with Gasteiger partial charge in [-0.1, -0.05) is 97.4 Å². The Morgan fingerprint density at radius 2 is 1.00 bits per heavy atom. The topological polar surface area (TPSA) is 0 Å². The van der Waals surface area contributed by atoms with Gasteiger partial charge in [0, 0.05) is 0 Å². The highest BCUT2D eigenvalue weighted by Crippen LogP contribution is 2.23. The predicted octanol–water partition coefficient (Wildman–Crippen LogP) is 7.52. The van der Waals surface area contributed by atoms with Gasteiger partial charge in [0.25, 0.3) is 0 Å². The molecule has 0 N–H and O–H groups in total. The van der Waals surface area contributed by atoms with Gasteiger partial charge in [-0.25, -0.2) is 0 Å². The largest absolute Gasteiger partial charge is 0.167 e. The molecule has 0 aromatic heterocycles. The van der Waals surface area contributed by atoms with Gasteiger partial charge in [0.2, 0.25) is 0 Å². The second-order valence-corrected chi connectivity index (χ2v) is 13.2. The van der Waals surface area contributed by atoms with Crippen LogP contribution in [0.4, 0.5) is 0 Å². The van der Waals surface area contributed by atoms with Gasteiger partial charge in [-0.3, -0.25) is 0 Å². The Bertz CT molecular complexity index is 180. The van der Waals surface area contributed by atoms with Crippen LogP contribution in [-0.2, 0) is 0 Å². The summed E-state index contributed by atoms with van der Waals surface area (Å²) in [4.78, 5) is 0. The SMILES string of the molecule is CCCCCCCCCCCCCC[Si](C)(Cl)CC. The van der Waals surface area contributed by atoms with E-state index >= 15 is 0 Å². The van der Waals surface area contributed by atoms with E-state index in [1.165, 1.54) is 89.1 Å². The van der Waals surface area contributed by atoms with Crippen molar-refractivity contribution in [2.75, 3.05) is 0 Å². The van der Waals surface area contributed by atoms with Gasteiger partial charge >= 0.3 is 0 Å². The molecular formula is C17H37ClSi. The van der Waals surface area contributed by atoms with Crippen LogP contribution in [-0.4, -0.2) is 7.38 Å². The zero-order valence-electron chi connectivity index (χ0n) is 13.8. The maximum absolute atomic E-state index is 6.49. The minimum absolute atomic E-state index is 1.23. The van der Waals surface area contributed by atoms with Crippen molar-refractivity contribution in [3.05, 3.63) is 0 Å². The molecular weight excluding hydrogens is 268 g/mol. The molecule has 116 valence electrons. The molecule has 0 aliphatic carbocycles. The van der Waals surface area contributed by atoms with Crippen molar-refractivity contribution >= 4 is 18.5 Å². The highest BCUT2D eigenvalue weighted by molar-refractivity contribution is 7.19. The number of rotatable bonds is 14. The molecule has 1 unspecified atom stereocenters. The van der Waals surface area contributed by atoms with Crippen LogP contribution >= 0.6 is 11.1 Å². The van der Waals surface area contributed by atoms with Crippen LogP contribution in [0.25, 0.3) is 0 Å². The van der Waals surface area contributed by atoms with E-state index in [1.807, 2.05) is 0 Å². The highest BCUT2D eigenvalue weighted by atomic mass is 35.6. The standard InChI is InChI=1S/C17H37ClSi/c1-4-6-7-8-9-10-11-12-13-14-15-16-17-19(3,18)5-2/h4-17H2,1-3H3. The van der Waals surface area contributed by atoms with Gasteiger partial charge in [-0.05, 0) is 12.1 Å². The van der Waals surface area contributed by atoms with Crippen molar-refractivity contribution in [2.45, 2.75) is 110 Å². The lowest BCUT2D eigenvalue weighted by atomic mass is 10.1. The average Bonchev–Trinajstić information content (AvgIpc) is 2.40. The summed E-state index contributed by atoms with van der Waals surface area (Å²) in [6.07, 6.45) is 17.2. The lowest BCUT2D eigenvalue weighted by Crippen LogP contribution is -2.19. The molecule has 0 nitrogen and oxygen atoms in total. The lowest BCUT2D eigenvalue weighted by molar-refractivity contribution is 0.547. The fraction of sp³-hybridized carbons (Fsp3) is 1.00. The first-order valence-corrected chi connectivity index (χ1v) is 12.7. The molecule has 0 spiro atoms. The summed E-state index contributed by atoms with van der Waals surface area (Å²) in [5.41, 5.74) is 0. The molecule has 0 aliphatic heterocycles. The molecule has 0 saturated heterocycles. The Hall–Kier alpha value is 0.507. The van der Waals surface area contributed by atoms with Crippen LogP contribution < -0.4 is 0 Å². The van der Waals surface area contributed by atoms with Gasteiger partial charge < -0.3 is 0 Å². The monoisotopic (exact) mass is 304 g/mol. The molecule has 0 radical (unpaired) electrons. The summed E-state index contributed by atoms with van der Waals surface area (Å²) in [7, 11) is -1.30. The normalized spacial score (nSPS) is 14.5. The Morgan fingerprint density at radius 1 is 0.632 bits per heavy atom. The fourth-order valence-electron chi connectivity index (χ4n) is 2.51. The Kier molecular flexibility index (Phi) is 13.8. The zero-order chi connectivity index (χ0) is 14.4. The molecule has 0 bridgehead atoms. The zero-order valence-corrected chi connectivity index (χ0v) is 15.5. The predicted molar refractivity (Wildman–Crippen MR) is 93.8 cm³/mol. The molecule has 0 amide bonds. The van der Waals surface area contributed by atoms with E-state index in [1.54, 1.807) is 0 Å². The Morgan fingerprint density at radius 3 is 1.37 bits per heavy atom. The third-order valence-corrected chi connectivity index (χ3v) is 8.53. The van der Waals surface area contributed by atoms with E-state index in [0.29, 0.717) is 0 Å². The van der Waals surface area contributed by atoms with Crippen LogP contribution in [0.15, 0.2) is 0 Å². The van der Waals surface area contributed by atoms with E-state index in [2.05, 4.69) is 20.4 Å². The highest BCUT2D eigenvalue weighted by Gasteiger charge is 2.20.